The van der Waals surface area contributed by atoms with E-state index in [1.807, 2.05) is 25.1 Å². The molecule has 6 heteroatoms. The lowest BCUT2D eigenvalue weighted by molar-refractivity contribution is -0.127. The van der Waals surface area contributed by atoms with E-state index in [1.54, 1.807) is 45.4 Å². The summed E-state index contributed by atoms with van der Waals surface area (Å²) in [7, 11) is 3.16. The average Bonchev–Trinajstić information content (AvgIpc) is 2.62. The molecule has 0 aromatic heterocycles. The number of ether oxygens (including phenoxy) is 3. The highest BCUT2D eigenvalue weighted by Crippen LogP contribution is 2.30. The summed E-state index contributed by atoms with van der Waals surface area (Å²) in [5.74, 6) is 1.64. The van der Waals surface area contributed by atoms with Crippen molar-refractivity contribution in [2.45, 2.75) is 26.0 Å². The van der Waals surface area contributed by atoms with E-state index < -0.39 is 6.10 Å². The smallest absolute Gasteiger partial charge is 0.261 e. The summed E-state index contributed by atoms with van der Waals surface area (Å²) in [6.07, 6.45) is -0.635. The van der Waals surface area contributed by atoms with Crippen molar-refractivity contribution in [3.05, 3.63) is 53.1 Å². The van der Waals surface area contributed by atoms with Gasteiger partial charge < -0.3 is 19.5 Å². The summed E-state index contributed by atoms with van der Waals surface area (Å²) < 4.78 is 16.2. The number of carbonyl (C=O) groups excluding carboxylic acids is 1. The number of halogens is 1. The Bertz CT molecular complexity index is 718. The van der Waals surface area contributed by atoms with Gasteiger partial charge in [0.25, 0.3) is 5.91 Å². The van der Waals surface area contributed by atoms with Gasteiger partial charge in [-0.15, -0.1) is 0 Å². The standard InChI is InChI=1S/C19H22ClNO4/c1-12(14-5-10-17(23-3)18(11-14)24-4)21-19(22)13(2)25-16-8-6-15(20)7-9-16/h5-13H,1-4H3,(H,21,22)/t12-,13-/m1/s1. The fourth-order valence-electron chi connectivity index (χ4n) is 2.31. The molecule has 2 aromatic rings. The Hall–Kier alpha value is -2.40. The molecule has 0 saturated carbocycles. The van der Waals surface area contributed by atoms with E-state index in [-0.39, 0.29) is 11.9 Å². The van der Waals surface area contributed by atoms with Gasteiger partial charge in [-0.2, -0.15) is 0 Å². The zero-order valence-electron chi connectivity index (χ0n) is 14.7. The van der Waals surface area contributed by atoms with Crippen LogP contribution in [0.3, 0.4) is 0 Å². The fraction of sp³-hybridized carbons (Fsp3) is 0.316. The zero-order valence-corrected chi connectivity index (χ0v) is 15.5. The second-order valence-electron chi connectivity index (χ2n) is 5.56. The van der Waals surface area contributed by atoms with Crippen LogP contribution < -0.4 is 19.5 Å². The minimum Gasteiger partial charge on any atom is -0.493 e. The van der Waals surface area contributed by atoms with Crippen LogP contribution in [0.4, 0.5) is 0 Å². The molecule has 0 aliphatic heterocycles. The van der Waals surface area contributed by atoms with E-state index in [1.165, 1.54) is 0 Å². The van der Waals surface area contributed by atoms with Crippen molar-refractivity contribution >= 4 is 17.5 Å². The SMILES string of the molecule is COc1ccc([C@@H](C)NC(=O)[C@@H](C)Oc2ccc(Cl)cc2)cc1OC. The summed E-state index contributed by atoms with van der Waals surface area (Å²) in [5, 5.41) is 3.55. The monoisotopic (exact) mass is 363 g/mol. The molecule has 2 rings (SSSR count). The molecule has 0 aliphatic rings. The zero-order chi connectivity index (χ0) is 18.4. The third-order valence-electron chi connectivity index (χ3n) is 3.76. The highest BCUT2D eigenvalue weighted by atomic mass is 35.5. The van der Waals surface area contributed by atoms with Crippen molar-refractivity contribution in [1.82, 2.24) is 5.32 Å². The molecule has 0 saturated heterocycles. The topological polar surface area (TPSA) is 56.8 Å². The molecule has 2 atom stereocenters. The van der Waals surface area contributed by atoms with E-state index in [0.717, 1.165) is 5.56 Å². The van der Waals surface area contributed by atoms with Crippen LogP contribution in [0.1, 0.15) is 25.5 Å². The summed E-state index contributed by atoms with van der Waals surface area (Å²) >= 11 is 5.84. The van der Waals surface area contributed by atoms with Crippen molar-refractivity contribution in [1.29, 1.82) is 0 Å². The Kier molecular flexibility index (Phi) is 6.53. The van der Waals surface area contributed by atoms with E-state index >= 15 is 0 Å². The van der Waals surface area contributed by atoms with Crippen LogP contribution in [-0.2, 0) is 4.79 Å². The van der Waals surface area contributed by atoms with Gasteiger partial charge in [0, 0.05) is 5.02 Å². The molecule has 0 unspecified atom stereocenters. The second-order valence-corrected chi connectivity index (χ2v) is 6.00. The Labute approximate surface area is 152 Å². The molecule has 0 radical (unpaired) electrons. The molecule has 5 nitrogen and oxygen atoms in total. The minimum atomic E-state index is -0.635. The Morgan fingerprint density at radius 2 is 1.64 bits per heavy atom. The summed E-state index contributed by atoms with van der Waals surface area (Å²) in [6, 6.07) is 12.2. The molecule has 25 heavy (non-hydrogen) atoms. The summed E-state index contributed by atoms with van der Waals surface area (Å²) in [4.78, 5) is 12.4. The van der Waals surface area contributed by atoms with Gasteiger partial charge in [0.1, 0.15) is 5.75 Å². The number of amides is 1. The van der Waals surface area contributed by atoms with Crippen LogP contribution in [0, 0.1) is 0 Å². The van der Waals surface area contributed by atoms with E-state index in [0.29, 0.717) is 22.3 Å². The lowest BCUT2D eigenvalue weighted by Crippen LogP contribution is -2.37. The largest absolute Gasteiger partial charge is 0.493 e. The third kappa shape index (κ3) is 5.03. The molecule has 1 N–H and O–H groups in total. The number of nitrogens with one attached hydrogen (secondary N) is 1. The normalized spacial score (nSPS) is 12.8. The van der Waals surface area contributed by atoms with Gasteiger partial charge in [-0.05, 0) is 55.8 Å². The van der Waals surface area contributed by atoms with Crippen LogP contribution in [0.5, 0.6) is 17.2 Å². The van der Waals surface area contributed by atoms with Gasteiger partial charge in [-0.1, -0.05) is 17.7 Å². The van der Waals surface area contributed by atoms with Crippen molar-refractivity contribution in [2.24, 2.45) is 0 Å². The fourth-order valence-corrected chi connectivity index (χ4v) is 2.43. The van der Waals surface area contributed by atoms with Crippen LogP contribution in [0.25, 0.3) is 0 Å². The molecule has 134 valence electrons. The number of rotatable bonds is 7. The molecular formula is C19H22ClNO4. The molecule has 0 bridgehead atoms. The number of methoxy groups -OCH3 is 2. The van der Waals surface area contributed by atoms with E-state index in [9.17, 15) is 4.79 Å². The van der Waals surface area contributed by atoms with Gasteiger partial charge in [0.05, 0.1) is 20.3 Å². The van der Waals surface area contributed by atoms with Gasteiger partial charge >= 0.3 is 0 Å². The minimum absolute atomic E-state index is 0.205. The molecule has 0 aliphatic carbocycles. The van der Waals surface area contributed by atoms with E-state index in [4.69, 9.17) is 25.8 Å². The number of hydrogen-bond acceptors (Lipinski definition) is 4. The maximum absolute atomic E-state index is 12.4. The maximum atomic E-state index is 12.4. The van der Waals surface area contributed by atoms with Crippen LogP contribution >= 0.6 is 11.6 Å². The van der Waals surface area contributed by atoms with Gasteiger partial charge in [0.2, 0.25) is 0 Å². The van der Waals surface area contributed by atoms with Gasteiger partial charge in [0.15, 0.2) is 17.6 Å². The van der Waals surface area contributed by atoms with Gasteiger partial charge in [-0.3, -0.25) is 4.79 Å². The first-order valence-electron chi connectivity index (χ1n) is 7.89. The maximum Gasteiger partial charge on any atom is 0.261 e. The molecule has 2 aromatic carbocycles. The highest BCUT2D eigenvalue weighted by Gasteiger charge is 2.18. The van der Waals surface area contributed by atoms with Crippen LogP contribution in [0.2, 0.25) is 5.02 Å². The number of hydrogen-bond donors (Lipinski definition) is 1. The van der Waals surface area contributed by atoms with Gasteiger partial charge in [-0.25, -0.2) is 0 Å². The lowest BCUT2D eigenvalue weighted by atomic mass is 10.1. The van der Waals surface area contributed by atoms with Crippen molar-refractivity contribution in [3.8, 4) is 17.2 Å². The predicted molar refractivity (Wildman–Crippen MR) is 97.6 cm³/mol. The van der Waals surface area contributed by atoms with Crippen molar-refractivity contribution < 1.29 is 19.0 Å². The first-order chi connectivity index (χ1) is 11.9. The first kappa shape index (κ1) is 18.9. The first-order valence-corrected chi connectivity index (χ1v) is 8.27. The summed E-state index contributed by atoms with van der Waals surface area (Å²) in [6.45, 7) is 3.60. The molecule has 0 heterocycles. The highest BCUT2D eigenvalue weighted by molar-refractivity contribution is 6.30. The molecule has 0 fully saturated rings. The lowest BCUT2D eigenvalue weighted by Gasteiger charge is -2.20. The Balaban J connectivity index is 2.00. The molecule has 0 spiro atoms. The predicted octanol–water partition coefficient (Wildman–Crippen LogP) is 4.00. The summed E-state index contributed by atoms with van der Waals surface area (Å²) in [5.41, 5.74) is 0.907. The average molecular weight is 364 g/mol. The van der Waals surface area contributed by atoms with E-state index in [2.05, 4.69) is 5.32 Å². The van der Waals surface area contributed by atoms with Crippen molar-refractivity contribution in [2.75, 3.05) is 14.2 Å². The number of carbonyl (C=O) groups is 1. The Morgan fingerprint density at radius 1 is 1.00 bits per heavy atom. The third-order valence-corrected chi connectivity index (χ3v) is 4.01. The number of benzene rings is 2. The van der Waals surface area contributed by atoms with Crippen LogP contribution in [0.15, 0.2) is 42.5 Å². The van der Waals surface area contributed by atoms with Crippen LogP contribution in [-0.4, -0.2) is 26.2 Å². The second kappa shape index (κ2) is 8.62. The Morgan fingerprint density at radius 3 is 2.24 bits per heavy atom. The quantitative estimate of drug-likeness (QED) is 0.807. The molecule has 1 amide bonds. The van der Waals surface area contributed by atoms with Crippen molar-refractivity contribution in [3.63, 3.8) is 0 Å². The molecular weight excluding hydrogens is 342 g/mol.